The third-order valence-corrected chi connectivity index (χ3v) is 3.15. The highest BCUT2D eigenvalue weighted by Crippen LogP contribution is 2.20. The third kappa shape index (κ3) is 2.26. The van der Waals surface area contributed by atoms with E-state index in [1.807, 2.05) is 36.4 Å². The molecule has 0 fully saturated rings. The van der Waals surface area contributed by atoms with Crippen LogP contribution >= 0.6 is 0 Å². The zero-order valence-corrected chi connectivity index (χ0v) is 10.8. The van der Waals surface area contributed by atoms with Gasteiger partial charge < -0.3 is 11.1 Å². The summed E-state index contributed by atoms with van der Waals surface area (Å²) in [7, 11) is 0. The number of carbonyl (C=O) groups is 1. The van der Waals surface area contributed by atoms with Crippen LogP contribution in [0.4, 0.5) is 5.82 Å². The first-order valence-electron chi connectivity index (χ1n) is 6.31. The number of para-hydroxylation sites is 1. The van der Waals surface area contributed by atoms with Crippen molar-refractivity contribution in [3.8, 4) is 0 Å². The van der Waals surface area contributed by atoms with Crippen LogP contribution in [-0.2, 0) is 6.54 Å². The standard InChI is InChI=1S/C15H14N4O/c16-9-10-5-7-11(8-6-10)15(20)17-14-12-3-1-2-4-13(12)18-19-14/h1-8H,9,16H2,(H2,17,18,19,20). The summed E-state index contributed by atoms with van der Waals surface area (Å²) < 4.78 is 0. The molecule has 0 aliphatic carbocycles. The first kappa shape index (κ1) is 12.4. The van der Waals surface area contributed by atoms with Gasteiger partial charge in [0.1, 0.15) is 0 Å². The maximum atomic E-state index is 12.2. The van der Waals surface area contributed by atoms with E-state index in [9.17, 15) is 4.79 Å². The molecule has 100 valence electrons. The van der Waals surface area contributed by atoms with E-state index < -0.39 is 0 Å². The normalized spacial score (nSPS) is 10.7. The second-order valence-corrected chi connectivity index (χ2v) is 4.47. The number of nitrogens with one attached hydrogen (secondary N) is 2. The predicted octanol–water partition coefficient (Wildman–Crippen LogP) is 2.27. The molecule has 0 aliphatic heterocycles. The molecule has 0 unspecified atom stereocenters. The van der Waals surface area contributed by atoms with Crippen molar-refractivity contribution >= 4 is 22.6 Å². The van der Waals surface area contributed by atoms with E-state index in [0.717, 1.165) is 16.5 Å². The van der Waals surface area contributed by atoms with Gasteiger partial charge in [-0.25, -0.2) is 0 Å². The van der Waals surface area contributed by atoms with Crippen molar-refractivity contribution in [1.29, 1.82) is 0 Å². The zero-order valence-electron chi connectivity index (χ0n) is 10.8. The van der Waals surface area contributed by atoms with Crippen molar-refractivity contribution in [2.75, 3.05) is 5.32 Å². The van der Waals surface area contributed by atoms with E-state index in [1.165, 1.54) is 0 Å². The van der Waals surface area contributed by atoms with Crippen LogP contribution in [0, 0.1) is 0 Å². The second kappa shape index (κ2) is 5.14. The maximum absolute atomic E-state index is 12.2. The number of carbonyl (C=O) groups excluding carboxylic acids is 1. The molecular formula is C15H14N4O. The number of amides is 1. The third-order valence-electron chi connectivity index (χ3n) is 3.15. The molecule has 3 rings (SSSR count). The van der Waals surface area contributed by atoms with Crippen molar-refractivity contribution in [3.05, 3.63) is 59.7 Å². The molecule has 0 radical (unpaired) electrons. The Kier molecular flexibility index (Phi) is 3.18. The van der Waals surface area contributed by atoms with Crippen LogP contribution in [0.2, 0.25) is 0 Å². The number of nitrogens with two attached hydrogens (primary N) is 1. The monoisotopic (exact) mass is 266 g/mol. The highest BCUT2D eigenvalue weighted by Gasteiger charge is 2.10. The summed E-state index contributed by atoms with van der Waals surface area (Å²) in [6, 6.07) is 14.8. The molecule has 4 N–H and O–H groups in total. The first-order valence-corrected chi connectivity index (χ1v) is 6.31. The lowest BCUT2D eigenvalue weighted by molar-refractivity contribution is 0.102. The number of rotatable bonds is 3. The molecule has 20 heavy (non-hydrogen) atoms. The minimum atomic E-state index is -0.189. The largest absolute Gasteiger partial charge is 0.326 e. The second-order valence-electron chi connectivity index (χ2n) is 4.47. The molecule has 0 atom stereocenters. The van der Waals surface area contributed by atoms with E-state index in [-0.39, 0.29) is 5.91 Å². The fraction of sp³-hybridized carbons (Fsp3) is 0.0667. The molecule has 1 aromatic heterocycles. The number of hydrogen-bond donors (Lipinski definition) is 3. The molecule has 0 aliphatic rings. The first-order chi connectivity index (χ1) is 9.78. The smallest absolute Gasteiger partial charge is 0.256 e. The number of aromatic amines is 1. The Morgan fingerprint density at radius 2 is 1.90 bits per heavy atom. The van der Waals surface area contributed by atoms with Gasteiger partial charge in [0.15, 0.2) is 5.82 Å². The molecule has 3 aromatic rings. The number of H-pyrrole nitrogens is 1. The lowest BCUT2D eigenvalue weighted by Crippen LogP contribution is -2.12. The zero-order chi connectivity index (χ0) is 13.9. The van der Waals surface area contributed by atoms with Gasteiger partial charge in [0.2, 0.25) is 0 Å². The fourth-order valence-electron chi connectivity index (χ4n) is 2.03. The van der Waals surface area contributed by atoms with Gasteiger partial charge in [-0.2, -0.15) is 5.10 Å². The van der Waals surface area contributed by atoms with E-state index in [2.05, 4.69) is 15.5 Å². The van der Waals surface area contributed by atoms with Gasteiger partial charge >= 0.3 is 0 Å². The van der Waals surface area contributed by atoms with Crippen molar-refractivity contribution in [3.63, 3.8) is 0 Å². The molecule has 1 amide bonds. The molecular weight excluding hydrogens is 252 g/mol. The van der Waals surface area contributed by atoms with Crippen LogP contribution in [0.15, 0.2) is 48.5 Å². The maximum Gasteiger partial charge on any atom is 0.256 e. The summed E-state index contributed by atoms with van der Waals surface area (Å²) in [5, 5.41) is 10.7. The van der Waals surface area contributed by atoms with Crippen LogP contribution in [0.5, 0.6) is 0 Å². The molecule has 2 aromatic carbocycles. The summed E-state index contributed by atoms with van der Waals surface area (Å²) in [6.45, 7) is 0.464. The summed E-state index contributed by atoms with van der Waals surface area (Å²) in [6.07, 6.45) is 0. The molecule has 5 heteroatoms. The van der Waals surface area contributed by atoms with Crippen LogP contribution in [-0.4, -0.2) is 16.1 Å². The number of nitrogens with zero attached hydrogens (tertiary/aromatic N) is 1. The van der Waals surface area contributed by atoms with Crippen LogP contribution in [0.3, 0.4) is 0 Å². The van der Waals surface area contributed by atoms with E-state index in [1.54, 1.807) is 12.1 Å². The Bertz CT molecular complexity index is 746. The van der Waals surface area contributed by atoms with Gasteiger partial charge in [-0.05, 0) is 29.8 Å². The Hall–Kier alpha value is -2.66. The quantitative estimate of drug-likeness (QED) is 0.680. The van der Waals surface area contributed by atoms with Crippen LogP contribution < -0.4 is 11.1 Å². The number of aromatic nitrogens is 2. The number of anilines is 1. The van der Waals surface area contributed by atoms with Crippen LogP contribution in [0.25, 0.3) is 10.9 Å². The summed E-state index contributed by atoms with van der Waals surface area (Å²) in [4.78, 5) is 12.2. The molecule has 1 heterocycles. The van der Waals surface area contributed by atoms with Crippen molar-refractivity contribution < 1.29 is 4.79 Å². The van der Waals surface area contributed by atoms with Gasteiger partial charge in [-0.3, -0.25) is 9.89 Å². The fourth-order valence-corrected chi connectivity index (χ4v) is 2.03. The molecule has 0 saturated heterocycles. The highest BCUT2D eigenvalue weighted by molar-refractivity contribution is 6.07. The van der Waals surface area contributed by atoms with E-state index in [0.29, 0.717) is 17.9 Å². The van der Waals surface area contributed by atoms with Gasteiger partial charge in [-0.1, -0.05) is 24.3 Å². The Labute approximate surface area is 115 Å². The van der Waals surface area contributed by atoms with Gasteiger partial charge in [0.05, 0.1) is 5.52 Å². The lowest BCUT2D eigenvalue weighted by atomic mass is 10.1. The van der Waals surface area contributed by atoms with E-state index >= 15 is 0 Å². The van der Waals surface area contributed by atoms with Gasteiger partial charge in [0.25, 0.3) is 5.91 Å². The van der Waals surface area contributed by atoms with Crippen molar-refractivity contribution in [2.24, 2.45) is 5.73 Å². The number of benzene rings is 2. The molecule has 5 nitrogen and oxygen atoms in total. The SMILES string of the molecule is NCc1ccc(C(=O)Nc2n[nH]c3ccccc23)cc1. The van der Waals surface area contributed by atoms with Gasteiger partial charge in [-0.15, -0.1) is 0 Å². The molecule has 0 spiro atoms. The number of fused-ring (bicyclic) bond motifs is 1. The Balaban J connectivity index is 1.84. The summed E-state index contributed by atoms with van der Waals surface area (Å²) in [5.41, 5.74) is 7.99. The van der Waals surface area contributed by atoms with Crippen LogP contribution in [0.1, 0.15) is 15.9 Å². The van der Waals surface area contributed by atoms with Crippen molar-refractivity contribution in [1.82, 2.24) is 10.2 Å². The average molecular weight is 266 g/mol. The molecule has 0 bridgehead atoms. The summed E-state index contributed by atoms with van der Waals surface area (Å²) >= 11 is 0. The summed E-state index contributed by atoms with van der Waals surface area (Å²) in [5.74, 6) is 0.347. The highest BCUT2D eigenvalue weighted by atomic mass is 16.1. The number of hydrogen-bond acceptors (Lipinski definition) is 3. The Morgan fingerprint density at radius 1 is 1.15 bits per heavy atom. The van der Waals surface area contributed by atoms with E-state index in [4.69, 9.17) is 5.73 Å². The van der Waals surface area contributed by atoms with Crippen molar-refractivity contribution in [2.45, 2.75) is 6.54 Å². The van der Waals surface area contributed by atoms with Gasteiger partial charge in [0, 0.05) is 17.5 Å². The topological polar surface area (TPSA) is 83.8 Å². The predicted molar refractivity (Wildman–Crippen MR) is 78.4 cm³/mol. The average Bonchev–Trinajstić information content (AvgIpc) is 2.91. The molecule has 0 saturated carbocycles. The lowest BCUT2D eigenvalue weighted by Gasteiger charge is -2.03. The minimum Gasteiger partial charge on any atom is -0.326 e. The Morgan fingerprint density at radius 3 is 2.65 bits per heavy atom. The minimum absolute atomic E-state index is 0.189.